The summed E-state index contributed by atoms with van der Waals surface area (Å²) in [7, 11) is 3.18. The van der Waals surface area contributed by atoms with Crippen molar-refractivity contribution in [3.05, 3.63) is 58.9 Å². The van der Waals surface area contributed by atoms with E-state index in [0.717, 1.165) is 11.1 Å². The molecule has 1 atom stereocenters. The van der Waals surface area contributed by atoms with Crippen molar-refractivity contribution < 1.29 is 9.47 Å². The van der Waals surface area contributed by atoms with Gasteiger partial charge in [0.05, 0.1) is 20.3 Å². The minimum absolute atomic E-state index is 0.413. The summed E-state index contributed by atoms with van der Waals surface area (Å²) in [5.41, 5.74) is 7.94. The zero-order valence-corrected chi connectivity index (χ0v) is 14.0. The zero-order chi connectivity index (χ0) is 17.1. The van der Waals surface area contributed by atoms with Crippen molar-refractivity contribution in [1.29, 1.82) is 0 Å². The molecule has 2 aromatic carbocycles. The third-order valence-electron chi connectivity index (χ3n) is 3.67. The van der Waals surface area contributed by atoms with Gasteiger partial charge in [-0.25, -0.2) is 4.98 Å². The lowest BCUT2D eigenvalue weighted by Gasteiger charge is -2.08. The molecule has 0 spiro atoms. The molecule has 3 aromatic rings. The Morgan fingerprint density at radius 3 is 2.42 bits per heavy atom. The van der Waals surface area contributed by atoms with E-state index in [0.29, 0.717) is 28.2 Å². The molecule has 0 saturated heterocycles. The molecule has 0 aliphatic heterocycles. The third kappa shape index (κ3) is 3.20. The summed E-state index contributed by atoms with van der Waals surface area (Å²) in [5.74, 6) is 2.37. The molecule has 7 heteroatoms. The van der Waals surface area contributed by atoms with Gasteiger partial charge in [0, 0.05) is 10.6 Å². The van der Waals surface area contributed by atoms with E-state index in [1.807, 2.05) is 30.3 Å². The lowest BCUT2D eigenvalue weighted by molar-refractivity contribution is 0.355. The first-order valence-corrected chi connectivity index (χ1v) is 7.66. The first-order valence-electron chi connectivity index (χ1n) is 7.28. The Bertz CT molecular complexity index is 833. The summed E-state index contributed by atoms with van der Waals surface area (Å²) < 4.78 is 10.5. The highest BCUT2D eigenvalue weighted by Crippen LogP contribution is 2.31. The molecule has 3 rings (SSSR count). The van der Waals surface area contributed by atoms with Crippen LogP contribution in [0.4, 0.5) is 0 Å². The lowest BCUT2D eigenvalue weighted by Crippen LogP contribution is -2.13. The van der Waals surface area contributed by atoms with Crippen LogP contribution in [0.15, 0.2) is 42.5 Å². The summed E-state index contributed by atoms with van der Waals surface area (Å²) >= 11 is 5.90. The van der Waals surface area contributed by atoms with Crippen LogP contribution in [-0.4, -0.2) is 29.4 Å². The average Bonchev–Trinajstić information content (AvgIpc) is 3.11. The highest BCUT2D eigenvalue weighted by Gasteiger charge is 2.16. The Hall–Kier alpha value is -2.57. The third-order valence-corrected chi connectivity index (χ3v) is 3.92. The van der Waals surface area contributed by atoms with Crippen LogP contribution in [0.1, 0.15) is 17.4 Å². The number of nitrogens with zero attached hydrogens (tertiary/aromatic N) is 2. The van der Waals surface area contributed by atoms with E-state index >= 15 is 0 Å². The molecular weight excluding hydrogens is 328 g/mol. The van der Waals surface area contributed by atoms with Gasteiger partial charge in [-0.2, -0.15) is 5.10 Å². The number of methoxy groups -OCH3 is 2. The first-order chi connectivity index (χ1) is 11.6. The Morgan fingerprint density at radius 1 is 1.04 bits per heavy atom. The number of rotatable bonds is 5. The van der Waals surface area contributed by atoms with Crippen LogP contribution < -0.4 is 15.2 Å². The molecule has 0 aliphatic rings. The second-order valence-corrected chi connectivity index (χ2v) is 5.58. The van der Waals surface area contributed by atoms with Gasteiger partial charge in [-0.1, -0.05) is 23.7 Å². The van der Waals surface area contributed by atoms with Gasteiger partial charge in [-0.3, -0.25) is 5.10 Å². The van der Waals surface area contributed by atoms with Crippen LogP contribution in [0.3, 0.4) is 0 Å². The van der Waals surface area contributed by atoms with Crippen LogP contribution in [-0.2, 0) is 0 Å². The summed E-state index contributed by atoms with van der Waals surface area (Å²) in [6, 6.07) is 12.4. The molecule has 1 aromatic heterocycles. The summed E-state index contributed by atoms with van der Waals surface area (Å²) in [5, 5.41) is 7.80. The number of hydrogen-bond donors (Lipinski definition) is 2. The van der Waals surface area contributed by atoms with Gasteiger partial charge in [0.25, 0.3) is 0 Å². The maximum absolute atomic E-state index is 6.24. The molecule has 6 nitrogen and oxygen atoms in total. The molecule has 0 aliphatic carbocycles. The van der Waals surface area contributed by atoms with E-state index in [1.54, 1.807) is 26.4 Å². The number of nitrogens with one attached hydrogen (secondary N) is 1. The molecular formula is C17H17ClN4O2. The van der Waals surface area contributed by atoms with Crippen molar-refractivity contribution >= 4 is 11.6 Å². The van der Waals surface area contributed by atoms with Crippen molar-refractivity contribution in [3.63, 3.8) is 0 Å². The Labute approximate surface area is 144 Å². The fourth-order valence-corrected chi connectivity index (χ4v) is 2.47. The molecule has 0 unspecified atom stereocenters. The van der Waals surface area contributed by atoms with Crippen LogP contribution >= 0.6 is 11.6 Å². The molecule has 24 heavy (non-hydrogen) atoms. The fraction of sp³-hybridized carbons (Fsp3) is 0.176. The smallest absolute Gasteiger partial charge is 0.181 e. The number of hydrogen-bond acceptors (Lipinski definition) is 5. The minimum atomic E-state index is -0.413. The van der Waals surface area contributed by atoms with Gasteiger partial charge in [-0.05, 0) is 35.9 Å². The monoisotopic (exact) mass is 344 g/mol. The molecule has 0 radical (unpaired) electrons. The highest BCUT2D eigenvalue weighted by atomic mass is 35.5. The van der Waals surface area contributed by atoms with Crippen molar-refractivity contribution in [2.75, 3.05) is 14.2 Å². The van der Waals surface area contributed by atoms with Crippen molar-refractivity contribution in [2.45, 2.75) is 6.04 Å². The van der Waals surface area contributed by atoms with Crippen LogP contribution in [0.5, 0.6) is 11.5 Å². The number of halogens is 1. The number of nitrogens with two attached hydrogens (primary N) is 1. The van der Waals surface area contributed by atoms with Gasteiger partial charge in [0.2, 0.25) is 0 Å². The Balaban J connectivity index is 1.89. The SMILES string of the molecule is COc1ccc(-c2n[nH]c([C@H](N)c3ccc(Cl)cc3)n2)cc1OC. The second kappa shape index (κ2) is 6.90. The van der Waals surface area contributed by atoms with E-state index in [4.69, 9.17) is 26.8 Å². The number of aromatic amines is 1. The van der Waals surface area contributed by atoms with Crippen LogP contribution in [0.25, 0.3) is 11.4 Å². The number of benzene rings is 2. The second-order valence-electron chi connectivity index (χ2n) is 5.14. The number of H-pyrrole nitrogens is 1. The van der Waals surface area contributed by atoms with Gasteiger partial charge in [0.1, 0.15) is 5.82 Å². The molecule has 1 heterocycles. The van der Waals surface area contributed by atoms with Gasteiger partial charge in [-0.15, -0.1) is 0 Å². The van der Waals surface area contributed by atoms with Gasteiger partial charge in [0.15, 0.2) is 17.3 Å². The van der Waals surface area contributed by atoms with Gasteiger partial charge >= 0.3 is 0 Å². The highest BCUT2D eigenvalue weighted by molar-refractivity contribution is 6.30. The predicted octanol–water partition coefficient (Wildman–Crippen LogP) is 3.19. The summed E-state index contributed by atoms with van der Waals surface area (Å²) in [4.78, 5) is 4.49. The number of aromatic nitrogens is 3. The minimum Gasteiger partial charge on any atom is -0.493 e. The zero-order valence-electron chi connectivity index (χ0n) is 13.3. The molecule has 3 N–H and O–H groups in total. The van der Waals surface area contributed by atoms with Crippen molar-refractivity contribution in [1.82, 2.24) is 15.2 Å². The molecule has 124 valence electrons. The molecule has 0 bridgehead atoms. The van der Waals surface area contributed by atoms with Crippen LogP contribution in [0.2, 0.25) is 5.02 Å². The summed E-state index contributed by atoms with van der Waals surface area (Å²) in [6.45, 7) is 0. The average molecular weight is 345 g/mol. The van der Waals surface area contributed by atoms with Gasteiger partial charge < -0.3 is 15.2 Å². The molecule has 0 amide bonds. The van der Waals surface area contributed by atoms with E-state index in [9.17, 15) is 0 Å². The standard InChI is InChI=1S/C17H17ClN4O2/c1-23-13-8-5-11(9-14(13)24-2)16-20-17(22-21-16)15(19)10-3-6-12(18)7-4-10/h3-9,15H,19H2,1-2H3,(H,20,21,22)/t15-/m1/s1. The van der Waals surface area contributed by atoms with Crippen molar-refractivity contribution in [3.8, 4) is 22.9 Å². The first kappa shape index (κ1) is 16.3. The summed E-state index contributed by atoms with van der Waals surface area (Å²) in [6.07, 6.45) is 0. The Kier molecular flexibility index (Phi) is 4.69. The van der Waals surface area contributed by atoms with E-state index in [2.05, 4.69) is 15.2 Å². The maximum atomic E-state index is 6.24. The van der Waals surface area contributed by atoms with E-state index in [1.165, 1.54) is 0 Å². The largest absolute Gasteiger partial charge is 0.493 e. The van der Waals surface area contributed by atoms with E-state index in [-0.39, 0.29) is 0 Å². The predicted molar refractivity (Wildman–Crippen MR) is 92.4 cm³/mol. The number of ether oxygens (including phenoxy) is 2. The normalized spacial score (nSPS) is 12.0. The van der Waals surface area contributed by atoms with E-state index < -0.39 is 6.04 Å². The van der Waals surface area contributed by atoms with Crippen molar-refractivity contribution in [2.24, 2.45) is 5.73 Å². The van der Waals surface area contributed by atoms with Crippen LogP contribution in [0, 0.1) is 0 Å². The molecule has 0 fully saturated rings. The molecule has 0 saturated carbocycles. The quantitative estimate of drug-likeness (QED) is 0.742. The topological polar surface area (TPSA) is 86.0 Å². The lowest BCUT2D eigenvalue weighted by atomic mass is 10.1. The Morgan fingerprint density at radius 2 is 1.75 bits per heavy atom. The fourth-order valence-electron chi connectivity index (χ4n) is 2.35. The maximum Gasteiger partial charge on any atom is 0.181 e.